The fourth-order valence-electron chi connectivity index (χ4n) is 6.11. The van der Waals surface area contributed by atoms with E-state index in [4.69, 9.17) is 4.74 Å². The number of benzene rings is 1. The van der Waals surface area contributed by atoms with Crippen molar-refractivity contribution in [2.24, 2.45) is 5.92 Å². The zero-order valence-electron chi connectivity index (χ0n) is 22.3. The summed E-state index contributed by atoms with van der Waals surface area (Å²) in [5.41, 5.74) is 4.09. The van der Waals surface area contributed by atoms with E-state index in [1.807, 2.05) is 37.4 Å². The number of aromatic amines is 1. The normalized spacial score (nSPS) is 20.8. The first-order valence-corrected chi connectivity index (χ1v) is 14.5. The molecule has 3 heterocycles. The number of aromatic nitrogens is 2. The Bertz CT molecular complexity index is 1330. The highest BCUT2D eigenvalue weighted by atomic mass is 32.2. The van der Waals surface area contributed by atoms with E-state index in [0.717, 1.165) is 46.8 Å². The lowest BCUT2D eigenvalue weighted by atomic mass is 9.84. The number of thioether (sulfide) groups is 1. The van der Waals surface area contributed by atoms with Crippen LogP contribution in [0.2, 0.25) is 0 Å². The van der Waals surface area contributed by atoms with Gasteiger partial charge in [-0.05, 0) is 63.8 Å². The van der Waals surface area contributed by atoms with Crippen molar-refractivity contribution in [2.45, 2.75) is 69.7 Å². The number of para-hydroxylation sites is 1. The van der Waals surface area contributed by atoms with E-state index >= 15 is 0 Å². The van der Waals surface area contributed by atoms with Crippen molar-refractivity contribution >= 4 is 28.6 Å². The van der Waals surface area contributed by atoms with Crippen LogP contribution >= 0.6 is 11.8 Å². The Balaban J connectivity index is 1.31. The summed E-state index contributed by atoms with van der Waals surface area (Å²) in [6.45, 7) is 7.19. The molecule has 3 aromatic rings. The van der Waals surface area contributed by atoms with E-state index in [1.165, 1.54) is 37.4 Å². The Hall–Kier alpha value is -2.55. The minimum atomic E-state index is -0.143. The largest absolute Gasteiger partial charge is 0.379 e. The topological polar surface area (TPSA) is 79.4 Å². The van der Waals surface area contributed by atoms with Crippen LogP contribution < -0.4 is 10.9 Å². The number of carbonyl (C=O) groups excluding carboxylic acids is 1. The van der Waals surface area contributed by atoms with E-state index in [9.17, 15) is 9.59 Å². The van der Waals surface area contributed by atoms with Gasteiger partial charge in [0.2, 0.25) is 0 Å². The fraction of sp³-hybridized carbons (Fsp3) is 0.517. The summed E-state index contributed by atoms with van der Waals surface area (Å²) in [5.74, 6) is 0.477. The number of hydrogen-bond acceptors (Lipinski definition) is 5. The van der Waals surface area contributed by atoms with Crippen LogP contribution in [0.15, 0.2) is 40.0 Å². The van der Waals surface area contributed by atoms with Crippen molar-refractivity contribution in [2.75, 3.05) is 26.5 Å². The van der Waals surface area contributed by atoms with Gasteiger partial charge in [-0.2, -0.15) is 0 Å². The quantitative estimate of drug-likeness (QED) is 0.426. The minimum Gasteiger partial charge on any atom is -0.379 e. The molecular formula is C29H38N4O3S. The Labute approximate surface area is 223 Å². The maximum atomic E-state index is 13.5. The monoisotopic (exact) mass is 522 g/mol. The van der Waals surface area contributed by atoms with Crippen molar-refractivity contribution in [3.8, 4) is 0 Å². The number of pyridine rings is 1. The number of hydrogen-bond donors (Lipinski definition) is 2. The number of H-pyrrole nitrogens is 1. The number of fused-ring (bicyclic) bond motifs is 1. The third-order valence-corrected chi connectivity index (χ3v) is 9.12. The third-order valence-electron chi connectivity index (χ3n) is 8.32. The summed E-state index contributed by atoms with van der Waals surface area (Å²) in [6, 6.07) is 10.8. The molecule has 0 atom stereocenters. The van der Waals surface area contributed by atoms with Crippen molar-refractivity contribution in [1.82, 2.24) is 19.8 Å². The summed E-state index contributed by atoms with van der Waals surface area (Å²) < 4.78 is 7.79. The average Bonchev–Trinajstić information content (AvgIpc) is 3.14. The number of nitrogens with one attached hydrogen (secondary N) is 2. The van der Waals surface area contributed by atoms with Gasteiger partial charge in [-0.25, -0.2) is 0 Å². The summed E-state index contributed by atoms with van der Waals surface area (Å²) in [7, 11) is 1.81. The van der Waals surface area contributed by atoms with Gasteiger partial charge in [0.1, 0.15) is 0 Å². The molecule has 0 spiro atoms. The van der Waals surface area contributed by atoms with Crippen LogP contribution in [0.1, 0.15) is 53.0 Å². The van der Waals surface area contributed by atoms with Crippen molar-refractivity contribution < 1.29 is 9.53 Å². The number of likely N-dealkylation sites (tertiary alicyclic amines) is 1. The molecule has 1 aliphatic carbocycles. The molecule has 1 aliphatic heterocycles. The molecule has 2 fully saturated rings. The Morgan fingerprint density at radius 2 is 1.89 bits per heavy atom. The molecule has 0 radical (unpaired) electrons. The first-order chi connectivity index (χ1) is 17.9. The molecule has 37 heavy (non-hydrogen) atoms. The van der Waals surface area contributed by atoms with Gasteiger partial charge >= 0.3 is 0 Å². The summed E-state index contributed by atoms with van der Waals surface area (Å²) >= 11 is 1.52. The maximum Gasteiger partial charge on any atom is 0.254 e. The molecule has 7 nitrogen and oxygen atoms in total. The van der Waals surface area contributed by atoms with Crippen LogP contribution in [0.3, 0.4) is 0 Å². The highest BCUT2D eigenvalue weighted by molar-refractivity contribution is 7.98. The third kappa shape index (κ3) is 5.24. The summed E-state index contributed by atoms with van der Waals surface area (Å²) in [5, 5.41) is 4.01. The second-order valence-electron chi connectivity index (χ2n) is 10.6. The number of amides is 1. The molecule has 198 valence electrons. The number of methoxy groups -OCH3 is 1. The lowest BCUT2D eigenvalue weighted by Gasteiger charge is -2.46. The first-order valence-electron chi connectivity index (χ1n) is 13.3. The molecule has 8 heteroatoms. The fourth-order valence-corrected chi connectivity index (χ4v) is 6.82. The van der Waals surface area contributed by atoms with E-state index in [0.29, 0.717) is 29.2 Å². The van der Waals surface area contributed by atoms with Gasteiger partial charge in [0, 0.05) is 72.1 Å². The van der Waals surface area contributed by atoms with Crippen LogP contribution in [0.4, 0.5) is 0 Å². The number of carbonyl (C=O) groups is 1. The minimum absolute atomic E-state index is 0.131. The number of aryl methyl sites for hydroxylation is 1. The average molecular weight is 523 g/mol. The van der Waals surface area contributed by atoms with Gasteiger partial charge in [-0.15, -0.1) is 11.8 Å². The molecule has 2 N–H and O–H groups in total. The van der Waals surface area contributed by atoms with Crippen LogP contribution in [0.25, 0.3) is 10.9 Å². The lowest BCUT2D eigenvalue weighted by Crippen LogP contribution is -2.56. The smallest absolute Gasteiger partial charge is 0.254 e. The van der Waals surface area contributed by atoms with Gasteiger partial charge in [-0.3, -0.25) is 14.5 Å². The number of ether oxygens (including phenoxy) is 1. The zero-order chi connectivity index (χ0) is 26.1. The SMILES string of the molecule is COC1CN(C2CCC(Cn3c(C)c(C(=O)NCc4c(SC)cc(C)[nH]c4=O)c4ccccc43)CC2)C1. The summed E-state index contributed by atoms with van der Waals surface area (Å²) in [4.78, 5) is 32.4. The Morgan fingerprint density at radius 1 is 1.16 bits per heavy atom. The van der Waals surface area contributed by atoms with Crippen LogP contribution in [-0.4, -0.2) is 59.0 Å². The van der Waals surface area contributed by atoms with Crippen LogP contribution in [0, 0.1) is 19.8 Å². The van der Waals surface area contributed by atoms with Crippen LogP contribution in [0.5, 0.6) is 0 Å². The molecule has 1 saturated heterocycles. The molecule has 1 aromatic carbocycles. The van der Waals surface area contributed by atoms with Crippen LogP contribution in [-0.2, 0) is 17.8 Å². The molecule has 0 bridgehead atoms. The van der Waals surface area contributed by atoms with Crippen molar-refractivity contribution in [1.29, 1.82) is 0 Å². The predicted octanol–water partition coefficient (Wildman–Crippen LogP) is 4.49. The zero-order valence-corrected chi connectivity index (χ0v) is 23.1. The molecule has 2 aliphatic rings. The highest BCUT2D eigenvalue weighted by Gasteiger charge is 2.34. The Morgan fingerprint density at radius 3 is 2.59 bits per heavy atom. The molecular weight excluding hydrogens is 484 g/mol. The van der Waals surface area contributed by atoms with Gasteiger partial charge in [0.15, 0.2) is 0 Å². The first kappa shape index (κ1) is 26.1. The number of rotatable bonds is 8. The standard InChI is InChI=1S/C29H38N4O3S/c1-18-13-26(37-4)24(28(34)31-18)14-30-29(35)27-19(2)33(25-8-6-5-7-23(25)27)15-20-9-11-21(12-10-20)32-16-22(17-32)36-3/h5-8,13,20-22H,9-12,14-17H2,1-4H3,(H,30,35)(H,31,34). The molecule has 1 saturated carbocycles. The highest BCUT2D eigenvalue weighted by Crippen LogP contribution is 2.34. The van der Waals surface area contributed by atoms with Gasteiger partial charge in [-0.1, -0.05) is 18.2 Å². The Kier molecular flexibility index (Phi) is 7.79. The van der Waals surface area contributed by atoms with Gasteiger partial charge in [0.05, 0.1) is 11.7 Å². The van der Waals surface area contributed by atoms with Crippen molar-refractivity contribution in [3.63, 3.8) is 0 Å². The van der Waals surface area contributed by atoms with E-state index < -0.39 is 0 Å². The van der Waals surface area contributed by atoms with E-state index in [-0.39, 0.29) is 18.0 Å². The molecule has 5 rings (SSSR count). The lowest BCUT2D eigenvalue weighted by molar-refractivity contribution is -0.0598. The van der Waals surface area contributed by atoms with Gasteiger partial charge in [0.25, 0.3) is 11.5 Å². The molecule has 2 aromatic heterocycles. The van der Waals surface area contributed by atoms with Crippen molar-refractivity contribution in [3.05, 3.63) is 63.2 Å². The second-order valence-corrected chi connectivity index (χ2v) is 11.4. The second kappa shape index (κ2) is 11.1. The van der Waals surface area contributed by atoms with Gasteiger partial charge < -0.3 is 19.6 Å². The maximum absolute atomic E-state index is 13.5. The van der Waals surface area contributed by atoms with E-state index in [1.54, 1.807) is 7.11 Å². The molecule has 0 unspecified atom stereocenters. The molecule has 1 amide bonds. The predicted molar refractivity (Wildman–Crippen MR) is 150 cm³/mol. The van der Waals surface area contributed by atoms with E-state index in [2.05, 4.69) is 32.8 Å². The summed E-state index contributed by atoms with van der Waals surface area (Å²) in [6.07, 6.45) is 7.24. The number of nitrogens with zero attached hydrogens (tertiary/aromatic N) is 2.